The number of nitrogens with one attached hydrogen (secondary N) is 1. The summed E-state index contributed by atoms with van der Waals surface area (Å²) in [6.07, 6.45) is 3.35. The molecule has 1 unspecified atom stereocenters. The molecule has 3 nitrogen and oxygen atoms in total. The molecule has 0 saturated heterocycles. The Hall–Kier alpha value is -1.10. The molecule has 0 radical (unpaired) electrons. The highest BCUT2D eigenvalue weighted by molar-refractivity contribution is 9.10. The fourth-order valence-electron chi connectivity index (χ4n) is 1.73. The Morgan fingerprint density at radius 3 is 2.81 bits per heavy atom. The van der Waals surface area contributed by atoms with Crippen molar-refractivity contribution in [2.75, 3.05) is 0 Å². The number of hydrogen-bond donors (Lipinski definition) is 2. The largest absolute Gasteiger partial charge is 0.472 e. The number of benzene rings is 1. The molecule has 0 saturated carbocycles. The zero-order valence-corrected chi connectivity index (χ0v) is 10.5. The second kappa shape index (κ2) is 4.82. The van der Waals surface area contributed by atoms with Crippen molar-refractivity contribution in [3.63, 3.8) is 0 Å². The molecule has 0 spiro atoms. The quantitative estimate of drug-likeness (QED) is 0.672. The third-order valence-electron chi connectivity index (χ3n) is 2.60. The minimum absolute atomic E-state index is 0.0451. The molecule has 0 fully saturated rings. The van der Waals surface area contributed by atoms with E-state index >= 15 is 0 Å². The van der Waals surface area contributed by atoms with Gasteiger partial charge in [-0.1, -0.05) is 22.0 Å². The van der Waals surface area contributed by atoms with Crippen LogP contribution in [0.3, 0.4) is 0 Å². The van der Waals surface area contributed by atoms with Gasteiger partial charge in [-0.3, -0.25) is 5.84 Å². The van der Waals surface area contributed by atoms with Crippen LogP contribution in [0.4, 0.5) is 0 Å². The van der Waals surface area contributed by atoms with Gasteiger partial charge in [-0.05, 0) is 36.2 Å². The molecule has 1 heterocycles. The third kappa shape index (κ3) is 2.19. The number of rotatable bonds is 3. The summed E-state index contributed by atoms with van der Waals surface area (Å²) in [6.45, 7) is 2.06. The summed E-state index contributed by atoms with van der Waals surface area (Å²) in [5.74, 6) is 5.61. The fourth-order valence-corrected chi connectivity index (χ4v) is 2.11. The van der Waals surface area contributed by atoms with Crippen molar-refractivity contribution < 1.29 is 4.42 Å². The second-order valence-corrected chi connectivity index (χ2v) is 4.57. The molecule has 2 rings (SSSR count). The van der Waals surface area contributed by atoms with Crippen molar-refractivity contribution in [3.8, 4) is 0 Å². The van der Waals surface area contributed by atoms with E-state index < -0.39 is 0 Å². The molecule has 2 aromatic rings. The first kappa shape index (κ1) is 11.4. The summed E-state index contributed by atoms with van der Waals surface area (Å²) in [7, 11) is 0. The van der Waals surface area contributed by atoms with Gasteiger partial charge in [-0.15, -0.1) is 0 Å². The predicted octanol–water partition coefficient (Wildman–Crippen LogP) is 2.90. The summed E-state index contributed by atoms with van der Waals surface area (Å²) in [6, 6.07) is 8.00. The minimum Gasteiger partial charge on any atom is -0.472 e. The van der Waals surface area contributed by atoms with E-state index in [-0.39, 0.29) is 6.04 Å². The van der Waals surface area contributed by atoms with E-state index in [4.69, 9.17) is 10.3 Å². The highest BCUT2D eigenvalue weighted by Crippen LogP contribution is 2.27. The predicted molar refractivity (Wildman–Crippen MR) is 66.8 cm³/mol. The molecule has 0 amide bonds. The van der Waals surface area contributed by atoms with E-state index in [0.29, 0.717) is 0 Å². The van der Waals surface area contributed by atoms with Crippen molar-refractivity contribution >= 4 is 15.9 Å². The first-order chi connectivity index (χ1) is 7.72. The molecule has 0 aliphatic heterocycles. The van der Waals surface area contributed by atoms with E-state index in [1.54, 1.807) is 12.5 Å². The first-order valence-corrected chi connectivity index (χ1v) is 5.76. The maximum absolute atomic E-state index is 5.61. The van der Waals surface area contributed by atoms with Crippen molar-refractivity contribution in [1.82, 2.24) is 5.43 Å². The first-order valence-electron chi connectivity index (χ1n) is 4.96. The molecule has 4 heteroatoms. The SMILES string of the molecule is Cc1ccc(Br)cc1C(NN)c1ccoc1. The van der Waals surface area contributed by atoms with Gasteiger partial charge in [0, 0.05) is 10.0 Å². The van der Waals surface area contributed by atoms with Crippen LogP contribution >= 0.6 is 15.9 Å². The standard InChI is InChI=1S/C12H13BrN2O/c1-8-2-3-10(13)6-11(8)12(15-14)9-4-5-16-7-9/h2-7,12,15H,14H2,1H3. The highest BCUT2D eigenvalue weighted by Gasteiger charge is 2.15. The molecule has 1 aromatic heterocycles. The lowest BCUT2D eigenvalue weighted by Crippen LogP contribution is -2.29. The summed E-state index contributed by atoms with van der Waals surface area (Å²) < 4.78 is 6.12. The van der Waals surface area contributed by atoms with Crippen molar-refractivity contribution in [2.45, 2.75) is 13.0 Å². The Kier molecular flexibility index (Phi) is 3.43. The van der Waals surface area contributed by atoms with Crippen LogP contribution in [0.25, 0.3) is 0 Å². The lowest BCUT2D eigenvalue weighted by atomic mass is 9.97. The van der Waals surface area contributed by atoms with Crippen molar-refractivity contribution in [3.05, 3.63) is 58.0 Å². The molecule has 84 valence electrons. The molecule has 16 heavy (non-hydrogen) atoms. The Balaban J connectivity index is 2.44. The number of nitrogens with two attached hydrogens (primary N) is 1. The monoisotopic (exact) mass is 280 g/mol. The van der Waals surface area contributed by atoms with Crippen LogP contribution in [0.2, 0.25) is 0 Å². The van der Waals surface area contributed by atoms with E-state index in [1.807, 2.05) is 12.1 Å². The average Bonchev–Trinajstić information content (AvgIpc) is 2.78. The number of furan rings is 1. The van der Waals surface area contributed by atoms with Gasteiger partial charge in [0.05, 0.1) is 18.6 Å². The zero-order chi connectivity index (χ0) is 11.5. The van der Waals surface area contributed by atoms with E-state index in [1.165, 1.54) is 5.56 Å². The Morgan fingerprint density at radius 2 is 2.19 bits per heavy atom. The van der Waals surface area contributed by atoms with Crippen LogP contribution in [-0.2, 0) is 0 Å². The van der Waals surface area contributed by atoms with Gasteiger partial charge in [0.25, 0.3) is 0 Å². The molecule has 1 aromatic carbocycles. The lowest BCUT2D eigenvalue weighted by molar-refractivity contribution is 0.553. The van der Waals surface area contributed by atoms with Crippen LogP contribution < -0.4 is 11.3 Å². The summed E-state index contributed by atoms with van der Waals surface area (Å²) >= 11 is 3.47. The van der Waals surface area contributed by atoms with Crippen molar-refractivity contribution in [2.24, 2.45) is 5.84 Å². The normalized spacial score (nSPS) is 12.7. The van der Waals surface area contributed by atoms with E-state index in [0.717, 1.165) is 15.6 Å². The zero-order valence-electron chi connectivity index (χ0n) is 8.91. The second-order valence-electron chi connectivity index (χ2n) is 3.66. The highest BCUT2D eigenvalue weighted by atomic mass is 79.9. The Morgan fingerprint density at radius 1 is 1.38 bits per heavy atom. The summed E-state index contributed by atoms with van der Waals surface area (Å²) in [5.41, 5.74) is 6.15. The number of halogens is 1. The van der Waals surface area contributed by atoms with Crippen molar-refractivity contribution in [1.29, 1.82) is 0 Å². The molecular weight excluding hydrogens is 268 g/mol. The van der Waals surface area contributed by atoms with Gasteiger partial charge in [-0.2, -0.15) is 0 Å². The van der Waals surface area contributed by atoms with E-state index in [9.17, 15) is 0 Å². The van der Waals surface area contributed by atoms with Crippen LogP contribution in [-0.4, -0.2) is 0 Å². The molecule has 0 aliphatic carbocycles. The van der Waals surface area contributed by atoms with Gasteiger partial charge in [0.15, 0.2) is 0 Å². The van der Waals surface area contributed by atoms with Gasteiger partial charge in [0.1, 0.15) is 0 Å². The smallest absolute Gasteiger partial charge is 0.0954 e. The molecular formula is C12H13BrN2O. The topological polar surface area (TPSA) is 51.2 Å². The van der Waals surface area contributed by atoms with Crippen LogP contribution in [0.15, 0.2) is 45.7 Å². The van der Waals surface area contributed by atoms with Gasteiger partial charge < -0.3 is 4.42 Å². The summed E-state index contributed by atoms with van der Waals surface area (Å²) in [5, 5.41) is 0. The fraction of sp³-hybridized carbons (Fsp3) is 0.167. The maximum atomic E-state index is 5.61. The maximum Gasteiger partial charge on any atom is 0.0954 e. The molecule has 0 bridgehead atoms. The molecule has 3 N–H and O–H groups in total. The number of aryl methyl sites for hydroxylation is 1. The van der Waals surface area contributed by atoms with Crippen LogP contribution in [0, 0.1) is 6.92 Å². The molecule has 0 aliphatic rings. The van der Waals surface area contributed by atoms with Crippen LogP contribution in [0.1, 0.15) is 22.7 Å². The van der Waals surface area contributed by atoms with Gasteiger partial charge in [-0.25, -0.2) is 5.43 Å². The Bertz CT molecular complexity index is 468. The lowest BCUT2D eigenvalue weighted by Gasteiger charge is -2.17. The van der Waals surface area contributed by atoms with Gasteiger partial charge >= 0.3 is 0 Å². The average molecular weight is 281 g/mol. The molecule has 1 atom stereocenters. The van der Waals surface area contributed by atoms with Gasteiger partial charge in [0.2, 0.25) is 0 Å². The Labute approximate surface area is 103 Å². The van der Waals surface area contributed by atoms with Crippen LogP contribution in [0.5, 0.6) is 0 Å². The number of hydrogen-bond acceptors (Lipinski definition) is 3. The summed E-state index contributed by atoms with van der Waals surface area (Å²) in [4.78, 5) is 0. The third-order valence-corrected chi connectivity index (χ3v) is 3.09. The number of hydrazine groups is 1. The minimum atomic E-state index is -0.0451. The van der Waals surface area contributed by atoms with E-state index in [2.05, 4.69) is 40.4 Å².